The van der Waals surface area contributed by atoms with Gasteiger partial charge in [0, 0.05) is 10.6 Å². The predicted octanol–water partition coefficient (Wildman–Crippen LogP) is 6.76. The van der Waals surface area contributed by atoms with Crippen LogP contribution in [-0.4, -0.2) is 32.8 Å². The lowest BCUT2D eigenvalue weighted by Gasteiger charge is -2.10. The molecular formula is C28H20ClN7OS2. The third kappa shape index (κ3) is 6.59. The number of nitriles is 1. The molecule has 0 atom stereocenters. The number of fused-ring (bicyclic) bond motifs is 1. The number of thiazole rings is 1. The van der Waals surface area contributed by atoms with Crippen LogP contribution in [0.15, 0.2) is 83.1 Å². The number of hydrazone groups is 1. The second-order valence-electron chi connectivity index (χ2n) is 8.30. The van der Waals surface area contributed by atoms with Gasteiger partial charge in [0.2, 0.25) is 5.91 Å². The second kappa shape index (κ2) is 12.0. The van der Waals surface area contributed by atoms with E-state index in [1.807, 2.05) is 67.6 Å². The minimum absolute atomic E-state index is 0.0581. The fourth-order valence-electron chi connectivity index (χ4n) is 3.58. The van der Waals surface area contributed by atoms with Crippen LogP contribution in [0.2, 0.25) is 5.02 Å². The lowest BCUT2D eigenvalue weighted by Crippen LogP contribution is -2.14. The molecule has 192 valence electrons. The quantitative estimate of drug-likeness (QED) is 0.0917. The zero-order valence-corrected chi connectivity index (χ0v) is 22.9. The molecule has 1 amide bonds. The molecule has 2 N–H and O–H groups in total. The van der Waals surface area contributed by atoms with Gasteiger partial charge in [-0.25, -0.2) is 15.0 Å². The molecule has 0 aliphatic carbocycles. The Bertz CT molecular complexity index is 1710. The molecule has 11 heteroatoms. The van der Waals surface area contributed by atoms with E-state index in [-0.39, 0.29) is 23.0 Å². The number of nitrogens with zero attached hydrogens (tertiary/aromatic N) is 5. The third-order valence-electron chi connectivity index (χ3n) is 5.42. The Morgan fingerprint density at radius 2 is 1.90 bits per heavy atom. The maximum absolute atomic E-state index is 12.7. The third-order valence-corrected chi connectivity index (χ3v) is 7.46. The molecule has 5 rings (SSSR count). The molecule has 0 saturated heterocycles. The molecule has 0 aliphatic rings. The first-order valence-corrected chi connectivity index (χ1v) is 13.9. The number of hydrogen-bond donors (Lipinski definition) is 2. The number of anilines is 2. The molecule has 0 spiro atoms. The number of hydrogen-bond acceptors (Lipinski definition) is 9. The predicted molar refractivity (Wildman–Crippen MR) is 159 cm³/mol. The molecule has 0 saturated carbocycles. The smallest absolute Gasteiger partial charge is 0.236 e. The molecule has 0 unspecified atom stereocenters. The summed E-state index contributed by atoms with van der Waals surface area (Å²) in [6.45, 7) is 2.02. The molecule has 0 fully saturated rings. The van der Waals surface area contributed by atoms with Gasteiger partial charge in [-0.05, 0) is 42.3 Å². The van der Waals surface area contributed by atoms with Crippen LogP contribution in [0.4, 0.5) is 10.9 Å². The van der Waals surface area contributed by atoms with Crippen molar-refractivity contribution < 1.29 is 4.79 Å². The van der Waals surface area contributed by atoms with Gasteiger partial charge in [-0.1, -0.05) is 83.2 Å². The van der Waals surface area contributed by atoms with Crippen molar-refractivity contribution in [3.05, 3.63) is 94.5 Å². The van der Waals surface area contributed by atoms with Gasteiger partial charge < -0.3 is 5.32 Å². The van der Waals surface area contributed by atoms with Crippen LogP contribution in [0.3, 0.4) is 0 Å². The Morgan fingerprint density at radius 1 is 1.10 bits per heavy atom. The Balaban J connectivity index is 1.37. The maximum atomic E-state index is 12.7. The van der Waals surface area contributed by atoms with Gasteiger partial charge in [0.05, 0.1) is 27.9 Å². The Hall–Kier alpha value is -4.30. The Labute approximate surface area is 237 Å². The molecule has 3 aromatic carbocycles. The number of rotatable bonds is 8. The lowest BCUT2D eigenvalue weighted by molar-refractivity contribution is -0.113. The van der Waals surface area contributed by atoms with Gasteiger partial charge in [0.15, 0.2) is 16.1 Å². The standard InChI is InChI=1S/C28H20ClN7OS2/c1-17-7-12-22-23(13-17)39-28(32-22)33-24(37)16-38-27-34-25(19-5-3-2-4-6-19)21(14-30)26(35-27)36-31-15-18-8-10-20(29)11-9-18/h2-13,15H,16H2,1H3,(H,32,33,37)(H,34,35,36)/b31-15+. The first-order valence-electron chi connectivity index (χ1n) is 11.7. The van der Waals surface area contributed by atoms with E-state index < -0.39 is 0 Å². The highest BCUT2D eigenvalue weighted by molar-refractivity contribution is 7.99. The number of amides is 1. The van der Waals surface area contributed by atoms with Crippen LogP contribution >= 0.6 is 34.7 Å². The SMILES string of the molecule is Cc1ccc2nc(NC(=O)CSc3nc(N/N=C/c4ccc(Cl)cc4)c(C#N)c(-c4ccccc4)n3)sc2c1. The Kier molecular flexibility index (Phi) is 8.13. The summed E-state index contributed by atoms with van der Waals surface area (Å²) in [5, 5.41) is 18.5. The lowest BCUT2D eigenvalue weighted by atomic mass is 10.1. The molecule has 0 aliphatic heterocycles. The number of nitrogens with one attached hydrogen (secondary N) is 2. The van der Waals surface area contributed by atoms with Gasteiger partial charge in [-0.15, -0.1) is 0 Å². The zero-order chi connectivity index (χ0) is 27.2. The Morgan fingerprint density at radius 3 is 2.67 bits per heavy atom. The summed E-state index contributed by atoms with van der Waals surface area (Å²) in [4.78, 5) is 26.3. The summed E-state index contributed by atoms with van der Waals surface area (Å²) < 4.78 is 1.01. The van der Waals surface area contributed by atoms with Crippen molar-refractivity contribution >= 4 is 68.0 Å². The molecule has 0 radical (unpaired) electrons. The van der Waals surface area contributed by atoms with E-state index in [4.69, 9.17) is 11.6 Å². The van der Waals surface area contributed by atoms with Crippen molar-refractivity contribution in [2.24, 2.45) is 5.10 Å². The van der Waals surface area contributed by atoms with Crippen molar-refractivity contribution in [1.82, 2.24) is 15.0 Å². The molecule has 39 heavy (non-hydrogen) atoms. The van der Waals surface area contributed by atoms with Crippen molar-refractivity contribution in [2.75, 3.05) is 16.5 Å². The summed E-state index contributed by atoms with van der Waals surface area (Å²) in [6.07, 6.45) is 1.60. The normalized spacial score (nSPS) is 11.0. The maximum Gasteiger partial charge on any atom is 0.236 e. The fraction of sp³-hybridized carbons (Fsp3) is 0.0714. The number of halogens is 1. The molecule has 2 heterocycles. The number of aromatic nitrogens is 3. The van der Waals surface area contributed by atoms with Gasteiger partial charge in [-0.3, -0.25) is 10.2 Å². The van der Waals surface area contributed by atoms with E-state index in [0.717, 1.165) is 38.7 Å². The van der Waals surface area contributed by atoms with E-state index in [2.05, 4.69) is 36.9 Å². The first kappa shape index (κ1) is 26.3. The largest absolute Gasteiger partial charge is 0.301 e. The topological polar surface area (TPSA) is 116 Å². The van der Waals surface area contributed by atoms with Gasteiger partial charge in [0.25, 0.3) is 0 Å². The van der Waals surface area contributed by atoms with Crippen LogP contribution < -0.4 is 10.7 Å². The summed E-state index contributed by atoms with van der Waals surface area (Å²) >= 11 is 8.53. The van der Waals surface area contributed by atoms with Crippen LogP contribution in [0, 0.1) is 18.3 Å². The minimum Gasteiger partial charge on any atom is -0.301 e. The molecule has 5 aromatic rings. The highest BCUT2D eigenvalue weighted by Gasteiger charge is 2.17. The monoisotopic (exact) mass is 569 g/mol. The van der Waals surface area contributed by atoms with Crippen molar-refractivity contribution in [2.45, 2.75) is 12.1 Å². The van der Waals surface area contributed by atoms with Crippen LogP contribution in [0.1, 0.15) is 16.7 Å². The number of thioether (sulfide) groups is 1. The van der Waals surface area contributed by atoms with Crippen LogP contribution in [0.5, 0.6) is 0 Å². The van der Waals surface area contributed by atoms with Crippen molar-refractivity contribution in [1.29, 1.82) is 5.26 Å². The summed E-state index contributed by atoms with van der Waals surface area (Å²) in [7, 11) is 0. The molecule has 8 nitrogen and oxygen atoms in total. The summed E-state index contributed by atoms with van der Waals surface area (Å²) in [5.74, 6) is 0.0593. The van der Waals surface area contributed by atoms with Crippen molar-refractivity contribution in [3.8, 4) is 17.3 Å². The first-order chi connectivity index (χ1) is 19.0. The number of benzene rings is 3. The average Bonchev–Trinajstić information content (AvgIpc) is 3.34. The van der Waals surface area contributed by atoms with E-state index in [1.165, 1.54) is 11.3 Å². The van der Waals surface area contributed by atoms with Crippen molar-refractivity contribution in [3.63, 3.8) is 0 Å². The van der Waals surface area contributed by atoms with Crippen LogP contribution in [-0.2, 0) is 4.79 Å². The van der Waals surface area contributed by atoms with Gasteiger partial charge >= 0.3 is 0 Å². The number of carbonyl (C=O) groups is 1. The zero-order valence-electron chi connectivity index (χ0n) is 20.6. The van der Waals surface area contributed by atoms with Crippen LogP contribution in [0.25, 0.3) is 21.5 Å². The summed E-state index contributed by atoms with van der Waals surface area (Å²) in [6, 6.07) is 24.6. The van der Waals surface area contributed by atoms with Gasteiger partial charge in [-0.2, -0.15) is 10.4 Å². The van der Waals surface area contributed by atoms with E-state index >= 15 is 0 Å². The van der Waals surface area contributed by atoms with E-state index in [9.17, 15) is 10.1 Å². The second-order valence-corrected chi connectivity index (χ2v) is 10.7. The van der Waals surface area contributed by atoms with E-state index in [1.54, 1.807) is 18.3 Å². The molecule has 0 bridgehead atoms. The molecular weight excluding hydrogens is 550 g/mol. The summed E-state index contributed by atoms with van der Waals surface area (Å²) in [5.41, 5.74) is 7.09. The highest BCUT2D eigenvalue weighted by atomic mass is 35.5. The van der Waals surface area contributed by atoms with Gasteiger partial charge in [0.1, 0.15) is 11.6 Å². The molecule has 2 aromatic heterocycles. The average molecular weight is 570 g/mol. The fourth-order valence-corrected chi connectivity index (χ4v) is 5.33. The van der Waals surface area contributed by atoms with E-state index in [0.29, 0.717) is 21.0 Å². The highest BCUT2D eigenvalue weighted by Crippen LogP contribution is 2.30. The number of carbonyl (C=O) groups excluding carboxylic acids is 1. The number of aryl methyl sites for hydroxylation is 1. The minimum atomic E-state index is -0.236.